The normalized spacial score (nSPS) is 15.1. The Kier molecular flexibility index (Phi) is 8.06. The van der Waals surface area contributed by atoms with Crippen molar-refractivity contribution in [1.29, 1.82) is 0 Å². The van der Waals surface area contributed by atoms with Crippen LogP contribution in [0.1, 0.15) is 42.0 Å². The van der Waals surface area contributed by atoms with Crippen molar-refractivity contribution in [3.05, 3.63) is 101 Å². The van der Waals surface area contributed by atoms with Crippen LogP contribution in [0.2, 0.25) is 0 Å². The Morgan fingerprint density at radius 1 is 1.00 bits per heavy atom. The lowest BCUT2D eigenvalue weighted by atomic mass is 9.80. The number of nitrogens with zero attached hydrogens (tertiary/aromatic N) is 1. The number of nitrogens with two attached hydrogens (primary N) is 1. The summed E-state index contributed by atoms with van der Waals surface area (Å²) in [6.45, 7) is 2.97. The SMILES string of the molecule is CCCN(CC1CCc2c(cccc2OCC(=O)O)C1)C(=O)C(N)(c1ccccc1)c1ccccc1. The number of hydrogen-bond donors (Lipinski definition) is 2. The molecule has 3 aromatic rings. The largest absolute Gasteiger partial charge is 0.482 e. The van der Waals surface area contributed by atoms with Crippen LogP contribution >= 0.6 is 0 Å². The minimum atomic E-state index is -1.28. The minimum Gasteiger partial charge on any atom is -0.482 e. The summed E-state index contributed by atoms with van der Waals surface area (Å²) >= 11 is 0. The van der Waals surface area contributed by atoms with E-state index in [2.05, 4.69) is 13.0 Å². The molecule has 0 fully saturated rings. The molecule has 0 spiro atoms. The number of carboxylic acid groups (broad SMARTS) is 1. The molecule has 0 radical (unpaired) electrons. The molecule has 6 heteroatoms. The van der Waals surface area contributed by atoms with Crippen molar-refractivity contribution >= 4 is 11.9 Å². The average molecular weight is 487 g/mol. The predicted octanol–water partition coefficient (Wildman–Crippen LogP) is 4.40. The first-order valence-corrected chi connectivity index (χ1v) is 12.6. The molecule has 0 heterocycles. The van der Waals surface area contributed by atoms with Crippen LogP contribution in [0.4, 0.5) is 0 Å². The molecule has 0 saturated carbocycles. The van der Waals surface area contributed by atoms with Crippen molar-refractivity contribution in [2.75, 3.05) is 19.7 Å². The number of carbonyl (C=O) groups is 2. The van der Waals surface area contributed by atoms with Gasteiger partial charge in [-0.3, -0.25) is 4.79 Å². The summed E-state index contributed by atoms with van der Waals surface area (Å²) in [4.78, 5) is 27.1. The molecule has 4 rings (SSSR count). The van der Waals surface area contributed by atoms with E-state index in [1.54, 1.807) is 0 Å². The summed E-state index contributed by atoms with van der Waals surface area (Å²) < 4.78 is 5.52. The van der Waals surface area contributed by atoms with Crippen molar-refractivity contribution in [3.8, 4) is 5.75 Å². The van der Waals surface area contributed by atoms with Gasteiger partial charge in [0.15, 0.2) is 6.61 Å². The number of rotatable bonds is 10. The predicted molar refractivity (Wildman–Crippen MR) is 140 cm³/mol. The fourth-order valence-corrected chi connectivity index (χ4v) is 5.20. The highest BCUT2D eigenvalue weighted by molar-refractivity contribution is 5.91. The molecule has 1 aliphatic carbocycles. The lowest BCUT2D eigenvalue weighted by Crippen LogP contribution is -2.55. The van der Waals surface area contributed by atoms with Gasteiger partial charge in [-0.25, -0.2) is 4.79 Å². The molecular weight excluding hydrogens is 452 g/mol. The van der Waals surface area contributed by atoms with E-state index < -0.39 is 11.5 Å². The summed E-state index contributed by atoms with van der Waals surface area (Å²) in [7, 11) is 0. The van der Waals surface area contributed by atoms with Crippen LogP contribution in [0.5, 0.6) is 5.75 Å². The van der Waals surface area contributed by atoms with E-state index >= 15 is 0 Å². The second kappa shape index (κ2) is 11.4. The van der Waals surface area contributed by atoms with Gasteiger partial charge in [-0.1, -0.05) is 79.7 Å². The number of fused-ring (bicyclic) bond motifs is 1. The quantitative estimate of drug-likeness (QED) is 0.443. The smallest absolute Gasteiger partial charge is 0.341 e. The van der Waals surface area contributed by atoms with Gasteiger partial charge < -0.3 is 20.5 Å². The number of hydrogen-bond acceptors (Lipinski definition) is 4. The van der Waals surface area contributed by atoms with E-state index in [0.29, 0.717) is 18.8 Å². The van der Waals surface area contributed by atoms with Crippen LogP contribution in [0, 0.1) is 5.92 Å². The van der Waals surface area contributed by atoms with Gasteiger partial charge in [-0.15, -0.1) is 0 Å². The van der Waals surface area contributed by atoms with Crippen LogP contribution in [-0.4, -0.2) is 41.6 Å². The van der Waals surface area contributed by atoms with Gasteiger partial charge >= 0.3 is 5.97 Å². The lowest BCUT2D eigenvalue weighted by Gasteiger charge is -2.38. The highest BCUT2D eigenvalue weighted by Crippen LogP contribution is 2.34. The summed E-state index contributed by atoms with van der Waals surface area (Å²) in [6, 6.07) is 25.0. The van der Waals surface area contributed by atoms with Crippen molar-refractivity contribution < 1.29 is 19.4 Å². The molecule has 36 heavy (non-hydrogen) atoms. The fraction of sp³-hybridized carbons (Fsp3) is 0.333. The summed E-state index contributed by atoms with van der Waals surface area (Å²) in [5, 5.41) is 8.98. The van der Waals surface area contributed by atoms with Crippen molar-refractivity contribution in [1.82, 2.24) is 4.90 Å². The Hall–Kier alpha value is -3.64. The van der Waals surface area contributed by atoms with E-state index in [-0.39, 0.29) is 18.4 Å². The van der Waals surface area contributed by atoms with E-state index in [0.717, 1.165) is 47.9 Å². The molecule has 1 atom stereocenters. The lowest BCUT2D eigenvalue weighted by molar-refractivity contribution is -0.139. The van der Waals surface area contributed by atoms with Gasteiger partial charge in [0.2, 0.25) is 0 Å². The molecule has 3 aromatic carbocycles. The minimum absolute atomic E-state index is 0.0916. The first-order chi connectivity index (χ1) is 17.4. The van der Waals surface area contributed by atoms with E-state index in [1.165, 1.54) is 0 Å². The molecule has 0 saturated heterocycles. The highest BCUT2D eigenvalue weighted by atomic mass is 16.5. The zero-order valence-electron chi connectivity index (χ0n) is 20.7. The average Bonchev–Trinajstić information content (AvgIpc) is 2.91. The van der Waals surface area contributed by atoms with Crippen LogP contribution in [-0.2, 0) is 28.0 Å². The fourth-order valence-electron chi connectivity index (χ4n) is 5.20. The van der Waals surface area contributed by atoms with E-state index in [1.807, 2.05) is 77.7 Å². The van der Waals surface area contributed by atoms with Crippen LogP contribution < -0.4 is 10.5 Å². The molecule has 1 amide bonds. The van der Waals surface area contributed by atoms with Crippen molar-refractivity contribution in [3.63, 3.8) is 0 Å². The number of amides is 1. The zero-order valence-corrected chi connectivity index (χ0v) is 20.7. The van der Waals surface area contributed by atoms with Gasteiger partial charge in [0.05, 0.1) is 0 Å². The van der Waals surface area contributed by atoms with Crippen LogP contribution in [0.25, 0.3) is 0 Å². The molecule has 6 nitrogen and oxygen atoms in total. The number of benzene rings is 3. The maximum atomic E-state index is 14.2. The van der Waals surface area contributed by atoms with Gasteiger partial charge in [-0.05, 0) is 59.9 Å². The monoisotopic (exact) mass is 486 g/mol. The third kappa shape index (κ3) is 5.44. The molecule has 0 aromatic heterocycles. The number of aliphatic carboxylic acids is 1. The summed E-state index contributed by atoms with van der Waals surface area (Å²) in [5.74, 6) is -0.161. The van der Waals surface area contributed by atoms with Crippen LogP contribution in [0.15, 0.2) is 78.9 Å². The van der Waals surface area contributed by atoms with Crippen LogP contribution in [0.3, 0.4) is 0 Å². The van der Waals surface area contributed by atoms with Crippen molar-refractivity contribution in [2.24, 2.45) is 11.7 Å². The highest BCUT2D eigenvalue weighted by Gasteiger charge is 2.41. The Bertz CT molecular complexity index is 1140. The maximum Gasteiger partial charge on any atom is 0.341 e. The second-order valence-electron chi connectivity index (χ2n) is 9.48. The molecule has 3 N–H and O–H groups in total. The zero-order chi connectivity index (χ0) is 25.5. The molecule has 188 valence electrons. The molecule has 1 aliphatic rings. The third-order valence-electron chi connectivity index (χ3n) is 6.95. The standard InChI is InChI=1S/C30H34N2O4/c1-2-18-32(20-22-16-17-26-23(19-22)10-9-15-27(26)36-21-28(33)34)29(35)30(31,24-11-5-3-6-12-24)25-13-7-4-8-14-25/h3-15,22H,2,16-21,31H2,1H3,(H,33,34). The van der Waals surface area contributed by atoms with Gasteiger partial charge in [0, 0.05) is 13.1 Å². The third-order valence-corrected chi connectivity index (χ3v) is 6.95. The molecule has 1 unspecified atom stereocenters. The Labute approximate surface area is 212 Å². The Balaban J connectivity index is 1.58. The topological polar surface area (TPSA) is 92.9 Å². The van der Waals surface area contributed by atoms with E-state index in [9.17, 15) is 9.59 Å². The molecule has 0 aliphatic heterocycles. The summed E-state index contributed by atoms with van der Waals surface area (Å²) in [5.41, 5.74) is 9.52. The van der Waals surface area contributed by atoms with Gasteiger partial charge in [0.1, 0.15) is 11.3 Å². The first kappa shape index (κ1) is 25.5. The number of ether oxygens (including phenoxy) is 1. The first-order valence-electron chi connectivity index (χ1n) is 12.6. The Morgan fingerprint density at radius 3 is 2.22 bits per heavy atom. The van der Waals surface area contributed by atoms with Crippen molar-refractivity contribution in [2.45, 2.75) is 38.1 Å². The van der Waals surface area contributed by atoms with Gasteiger partial charge in [0.25, 0.3) is 5.91 Å². The number of carbonyl (C=O) groups excluding carboxylic acids is 1. The van der Waals surface area contributed by atoms with E-state index in [4.69, 9.17) is 15.6 Å². The number of carboxylic acids is 1. The molecular formula is C30H34N2O4. The Morgan fingerprint density at radius 2 is 1.64 bits per heavy atom. The second-order valence-corrected chi connectivity index (χ2v) is 9.48. The molecule has 0 bridgehead atoms. The maximum absolute atomic E-state index is 14.2. The summed E-state index contributed by atoms with van der Waals surface area (Å²) in [6.07, 6.45) is 3.32. The van der Waals surface area contributed by atoms with Gasteiger partial charge in [-0.2, -0.15) is 0 Å².